The minimum atomic E-state index is -3.56. The molecule has 0 bridgehead atoms. The van der Waals surface area contributed by atoms with E-state index in [1.165, 1.54) is 7.11 Å². The molecule has 1 fully saturated rings. The van der Waals surface area contributed by atoms with Gasteiger partial charge in [0, 0.05) is 47.1 Å². The number of anilines is 3. The van der Waals surface area contributed by atoms with Crippen molar-refractivity contribution in [1.29, 1.82) is 0 Å². The van der Waals surface area contributed by atoms with Crippen molar-refractivity contribution >= 4 is 43.2 Å². The summed E-state index contributed by atoms with van der Waals surface area (Å²) in [6.45, 7) is 5.33. The summed E-state index contributed by atoms with van der Waals surface area (Å²) in [7, 11) is -2.02. The fourth-order valence-electron chi connectivity index (χ4n) is 7.80. The average molecular weight is 725 g/mol. The van der Waals surface area contributed by atoms with Crippen LogP contribution in [0.4, 0.5) is 21.2 Å². The van der Waals surface area contributed by atoms with E-state index in [-0.39, 0.29) is 50.4 Å². The predicted octanol–water partition coefficient (Wildman–Crippen LogP) is 6.26. The van der Waals surface area contributed by atoms with E-state index in [1.54, 1.807) is 83.6 Å². The zero-order valence-corrected chi connectivity index (χ0v) is 30.8. The number of methoxy groups -OCH3 is 1. The van der Waals surface area contributed by atoms with E-state index in [0.717, 1.165) is 11.1 Å². The highest BCUT2D eigenvalue weighted by atomic mass is 28.4. The third kappa shape index (κ3) is 7.18. The van der Waals surface area contributed by atoms with Gasteiger partial charge in [0.05, 0.1) is 38.5 Å². The van der Waals surface area contributed by atoms with Gasteiger partial charge >= 0.3 is 0 Å². The number of aliphatic hydroxyl groups excluding tert-OH is 1. The molecule has 4 aromatic rings. The van der Waals surface area contributed by atoms with Crippen LogP contribution in [0.15, 0.2) is 97.1 Å². The highest BCUT2D eigenvalue weighted by Crippen LogP contribution is 2.60. The van der Waals surface area contributed by atoms with Gasteiger partial charge in [-0.25, -0.2) is 0 Å². The molecule has 3 amide bonds. The SMILES string of the molecule is COc1ccc2c(c1)[C@]1(O[C@@H](CC(=O)N(CCO)Cc3ccccc3)[C@H]([Si](C)(C)F)[C@H]1C)C(=O)N2Cc1cccc(NC(=O)c2ccc(N)cc2)c1. The van der Waals surface area contributed by atoms with Crippen LogP contribution in [-0.4, -0.2) is 62.5 Å². The molecule has 0 aliphatic carbocycles. The maximum atomic E-state index is 16.5. The number of nitrogens with zero attached hydrogens (tertiary/aromatic N) is 2. The number of nitrogens with two attached hydrogens (primary N) is 1. The Hall–Kier alpha value is -5.04. The predicted molar refractivity (Wildman–Crippen MR) is 201 cm³/mol. The second kappa shape index (κ2) is 14.9. The Labute approximate surface area is 304 Å². The van der Waals surface area contributed by atoms with E-state index in [1.807, 2.05) is 43.3 Å². The molecular formula is C40H45FN4O6Si. The molecule has 1 spiro atoms. The number of benzene rings is 4. The molecule has 2 aliphatic rings. The molecule has 4 atom stereocenters. The number of aliphatic hydroxyl groups is 1. The van der Waals surface area contributed by atoms with Gasteiger partial charge in [-0.15, -0.1) is 0 Å². The molecule has 272 valence electrons. The molecule has 4 aromatic carbocycles. The molecule has 0 radical (unpaired) electrons. The van der Waals surface area contributed by atoms with Crippen LogP contribution in [0.2, 0.25) is 18.6 Å². The zero-order valence-electron chi connectivity index (χ0n) is 29.8. The van der Waals surface area contributed by atoms with Gasteiger partial charge in [-0.3, -0.25) is 14.4 Å². The normalized spacial score (nSPS) is 20.9. The van der Waals surface area contributed by atoms with E-state index >= 15 is 4.11 Å². The van der Waals surface area contributed by atoms with Crippen LogP contribution in [0.3, 0.4) is 0 Å². The smallest absolute Gasteiger partial charge is 0.264 e. The van der Waals surface area contributed by atoms with Crippen molar-refractivity contribution in [3.63, 3.8) is 0 Å². The van der Waals surface area contributed by atoms with Gasteiger partial charge in [0.25, 0.3) is 11.8 Å². The van der Waals surface area contributed by atoms with Gasteiger partial charge in [0.2, 0.25) is 14.3 Å². The lowest BCUT2D eigenvalue weighted by molar-refractivity contribution is -0.150. The van der Waals surface area contributed by atoms with Crippen molar-refractivity contribution in [2.24, 2.45) is 5.92 Å². The molecule has 1 saturated heterocycles. The summed E-state index contributed by atoms with van der Waals surface area (Å²) in [6.07, 6.45) is -1.03. The molecule has 10 nitrogen and oxygen atoms in total. The molecule has 2 heterocycles. The maximum Gasteiger partial charge on any atom is 0.264 e. The van der Waals surface area contributed by atoms with Crippen LogP contribution in [0.1, 0.15) is 40.4 Å². The Morgan fingerprint density at radius 2 is 1.73 bits per heavy atom. The van der Waals surface area contributed by atoms with Crippen molar-refractivity contribution in [2.75, 3.05) is 36.2 Å². The number of carbonyl (C=O) groups excluding carboxylic acids is 3. The summed E-state index contributed by atoms with van der Waals surface area (Å²) in [5.74, 6) is -1.05. The Bertz CT molecular complexity index is 1940. The highest BCUT2D eigenvalue weighted by molar-refractivity contribution is 6.72. The number of nitrogen functional groups attached to an aromatic ring is 1. The number of hydrogen-bond donors (Lipinski definition) is 3. The fourth-order valence-corrected chi connectivity index (χ4v) is 10.3. The van der Waals surface area contributed by atoms with Crippen molar-refractivity contribution in [3.8, 4) is 5.75 Å². The fraction of sp³-hybridized carbons (Fsp3) is 0.325. The van der Waals surface area contributed by atoms with Gasteiger partial charge in [0.1, 0.15) is 5.75 Å². The summed E-state index contributed by atoms with van der Waals surface area (Å²) in [5, 5.41) is 12.7. The number of ether oxygens (including phenoxy) is 2. The van der Waals surface area contributed by atoms with Crippen molar-refractivity contribution in [2.45, 2.75) is 56.8 Å². The molecule has 12 heteroatoms. The Morgan fingerprint density at radius 1 is 1.02 bits per heavy atom. The standard InChI is InChI=1S/C40H45FN4O6Si/c1-26-37(52(3,4)41)35(23-36(47)44(19-20-46)24-27-9-6-5-7-10-27)51-40(26)33-22-32(50-2)17-18-34(33)45(39(40)49)25-28-11-8-12-31(21-28)43-38(48)29-13-15-30(42)16-14-29/h5-18,21-22,26,35,37,46H,19-20,23-25,42H2,1-4H3,(H,43,48)/t26-,35+,37-,40+/m1/s1. The highest BCUT2D eigenvalue weighted by Gasteiger charge is 2.67. The summed E-state index contributed by atoms with van der Waals surface area (Å²) >= 11 is 0. The first kappa shape index (κ1) is 36.7. The lowest BCUT2D eigenvalue weighted by atomic mass is 9.82. The van der Waals surface area contributed by atoms with Crippen molar-refractivity contribution < 1.29 is 33.1 Å². The zero-order chi connectivity index (χ0) is 37.2. The number of rotatable bonds is 12. The number of halogens is 1. The molecule has 0 saturated carbocycles. The van der Waals surface area contributed by atoms with Crippen LogP contribution < -0.4 is 20.7 Å². The van der Waals surface area contributed by atoms with E-state index in [9.17, 15) is 19.5 Å². The average Bonchev–Trinajstić information content (AvgIpc) is 3.54. The van der Waals surface area contributed by atoms with Crippen molar-refractivity contribution in [3.05, 3.63) is 119 Å². The summed E-state index contributed by atoms with van der Waals surface area (Å²) in [5.41, 5.74) is 7.87. The molecule has 52 heavy (non-hydrogen) atoms. The molecule has 0 unspecified atom stereocenters. The van der Waals surface area contributed by atoms with Crippen LogP contribution in [0, 0.1) is 5.92 Å². The van der Waals surface area contributed by atoms with Crippen LogP contribution in [0.25, 0.3) is 0 Å². The van der Waals surface area contributed by atoms with E-state index < -0.39 is 31.6 Å². The lowest BCUT2D eigenvalue weighted by Gasteiger charge is -2.31. The minimum Gasteiger partial charge on any atom is -0.497 e. The van der Waals surface area contributed by atoms with E-state index in [0.29, 0.717) is 33.9 Å². The summed E-state index contributed by atoms with van der Waals surface area (Å²) < 4.78 is 28.9. The molecule has 2 aliphatic heterocycles. The van der Waals surface area contributed by atoms with Gasteiger partial charge in [-0.05, 0) is 78.8 Å². The number of nitrogens with one attached hydrogen (secondary N) is 1. The van der Waals surface area contributed by atoms with Gasteiger partial charge < -0.3 is 39.5 Å². The van der Waals surface area contributed by atoms with Crippen LogP contribution >= 0.6 is 0 Å². The van der Waals surface area contributed by atoms with Crippen LogP contribution in [-0.2, 0) is 33.0 Å². The summed E-state index contributed by atoms with van der Waals surface area (Å²) in [6, 6.07) is 28.7. The number of fused-ring (bicyclic) bond motifs is 2. The van der Waals surface area contributed by atoms with E-state index in [2.05, 4.69) is 5.32 Å². The first-order valence-electron chi connectivity index (χ1n) is 17.4. The van der Waals surface area contributed by atoms with Crippen LogP contribution in [0.5, 0.6) is 5.75 Å². The van der Waals surface area contributed by atoms with Gasteiger partial charge in [-0.2, -0.15) is 0 Å². The third-order valence-corrected chi connectivity index (χ3v) is 12.6. The van der Waals surface area contributed by atoms with Crippen molar-refractivity contribution in [1.82, 2.24) is 4.90 Å². The molecular weight excluding hydrogens is 680 g/mol. The Balaban J connectivity index is 1.31. The maximum absolute atomic E-state index is 16.5. The largest absolute Gasteiger partial charge is 0.497 e. The second-order valence-corrected chi connectivity index (χ2v) is 17.8. The third-order valence-electron chi connectivity index (χ3n) is 10.2. The van der Waals surface area contributed by atoms with E-state index in [4.69, 9.17) is 15.2 Å². The molecule has 6 rings (SSSR count). The monoisotopic (exact) mass is 724 g/mol. The van der Waals surface area contributed by atoms with Gasteiger partial charge in [0.15, 0.2) is 5.60 Å². The van der Waals surface area contributed by atoms with Gasteiger partial charge in [-0.1, -0.05) is 49.4 Å². The number of carbonyl (C=O) groups is 3. The minimum absolute atomic E-state index is 0.106. The first-order valence-corrected chi connectivity index (χ1v) is 20.4. The molecule has 0 aromatic heterocycles. The lowest BCUT2D eigenvalue weighted by Crippen LogP contribution is -2.45. The Kier molecular flexibility index (Phi) is 10.5. The topological polar surface area (TPSA) is 134 Å². The summed E-state index contributed by atoms with van der Waals surface area (Å²) in [4.78, 5) is 44.9. The number of amides is 3. The number of hydrogen-bond acceptors (Lipinski definition) is 7. The second-order valence-electron chi connectivity index (χ2n) is 14.1. The first-order chi connectivity index (χ1) is 24.8. The molecule has 4 N–H and O–H groups in total. The quantitative estimate of drug-likeness (QED) is 0.0892. The Morgan fingerprint density at radius 3 is 2.40 bits per heavy atom.